The van der Waals surface area contributed by atoms with Crippen molar-refractivity contribution in [1.82, 2.24) is 0 Å². The van der Waals surface area contributed by atoms with E-state index in [9.17, 15) is 4.79 Å². The van der Waals surface area contributed by atoms with Crippen molar-refractivity contribution >= 4 is 29.3 Å². The lowest BCUT2D eigenvalue weighted by Gasteiger charge is -2.14. The number of aryl methyl sites for hydroxylation is 1. The highest BCUT2D eigenvalue weighted by molar-refractivity contribution is 6.33. The first kappa shape index (κ1) is 12.7. The molecule has 2 rings (SSSR count). The van der Waals surface area contributed by atoms with Gasteiger partial charge in [-0.05, 0) is 30.2 Å². The average Bonchev–Trinajstić information content (AvgIpc) is 2.36. The molecule has 0 amide bonds. The summed E-state index contributed by atoms with van der Waals surface area (Å²) in [6.45, 7) is 2.00. The Morgan fingerprint density at radius 1 is 1.17 bits per heavy atom. The number of aldehydes is 1. The molecule has 0 atom stereocenters. The second-order valence-electron chi connectivity index (χ2n) is 4.08. The molecule has 0 aliphatic heterocycles. The SMILES string of the molecule is Cc1cccc(Cl)c1Nc1ccccc1CC=O. The number of carbonyl (C=O) groups is 1. The number of anilines is 2. The molecule has 0 unspecified atom stereocenters. The average molecular weight is 260 g/mol. The molecular weight excluding hydrogens is 246 g/mol. The maximum absolute atomic E-state index is 10.7. The summed E-state index contributed by atoms with van der Waals surface area (Å²) in [6.07, 6.45) is 1.30. The third-order valence-electron chi connectivity index (χ3n) is 2.80. The van der Waals surface area contributed by atoms with Gasteiger partial charge in [0.2, 0.25) is 0 Å². The molecule has 92 valence electrons. The van der Waals surface area contributed by atoms with Crippen LogP contribution in [0, 0.1) is 6.92 Å². The van der Waals surface area contributed by atoms with Gasteiger partial charge < -0.3 is 10.1 Å². The van der Waals surface area contributed by atoms with Gasteiger partial charge in [-0.1, -0.05) is 41.9 Å². The van der Waals surface area contributed by atoms with Crippen molar-refractivity contribution in [2.75, 3.05) is 5.32 Å². The molecule has 0 spiro atoms. The number of benzene rings is 2. The third kappa shape index (κ3) is 2.71. The summed E-state index contributed by atoms with van der Waals surface area (Å²) < 4.78 is 0. The molecule has 0 saturated heterocycles. The lowest BCUT2D eigenvalue weighted by atomic mass is 10.1. The largest absolute Gasteiger partial charge is 0.354 e. The molecule has 0 bridgehead atoms. The van der Waals surface area contributed by atoms with Gasteiger partial charge in [0.05, 0.1) is 10.7 Å². The number of rotatable bonds is 4. The Kier molecular flexibility index (Phi) is 4.00. The zero-order valence-electron chi connectivity index (χ0n) is 10.1. The van der Waals surface area contributed by atoms with Crippen molar-refractivity contribution in [2.24, 2.45) is 0 Å². The number of nitrogens with one attached hydrogen (secondary N) is 1. The predicted molar refractivity (Wildman–Crippen MR) is 75.7 cm³/mol. The second-order valence-corrected chi connectivity index (χ2v) is 4.49. The van der Waals surface area contributed by atoms with Gasteiger partial charge in [0.25, 0.3) is 0 Å². The molecule has 0 radical (unpaired) electrons. The lowest BCUT2D eigenvalue weighted by molar-refractivity contribution is -0.107. The molecule has 0 fully saturated rings. The second kappa shape index (κ2) is 5.69. The molecule has 2 aromatic rings. The highest BCUT2D eigenvalue weighted by Crippen LogP contribution is 2.30. The topological polar surface area (TPSA) is 29.1 Å². The van der Waals surface area contributed by atoms with Crippen LogP contribution in [0.4, 0.5) is 11.4 Å². The monoisotopic (exact) mass is 259 g/mol. The molecule has 0 heterocycles. The van der Waals surface area contributed by atoms with Crippen LogP contribution in [0.3, 0.4) is 0 Å². The summed E-state index contributed by atoms with van der Waals surface area (Å²) in [7, 11) is 0. The van der Waals surface area contributed by atoms with E-state index in [4.69, 9.17) is 11.6 Å². The summed E-state index contributed by atoms with van der Waals surface area (Å²) in [5.41, 5.74) is 3.84. The van der Waals surface area contributed by atoms with E-state index in [1.165, 1.54) is 0 Å². The summed E-state index contributed by atoms with van der Waals surface area (Å²) in [4.78, 5) is 10.7. The van der Waals surface area contributed by atoms with Crippen molar-refractivity contribution in [2.45, 2.75) is 13.3 Å². The molecule has 1 N–H and O–H groups in total. The summed E-state index contributed by atoms with van der Waals surface area (Å²) in [5.74, 6) is 0. The van der Waals surface area contributed by atoms with Gasteiger partial charge in [-0.15, -0.1) is 0 Å². The first-order valence-corrected chi connectivity index (χ1v) is 6.14. The minimum Gasteiger partial charge on any atom is -0.354 e. The van der Waals surface area contributed by atoms with Gasteiger partial charge in [0.15, 0.2) is 0 Å². The van der Waals surface area contributed by atoms with E-state index in [-0.39, 0.29) is 0 Å². The normalized spacial score (nSPS) is 10.1. The number of hydrogen-bond donors (Lipinski definition) is 1. The number of halogens is 1. The Hall–Kier alpha value is -1.80. The molecule has 0 aromatic heterocycles. The Morgan fingerprint density at radius 3 is 2.67 bits per heavy atom. The maximum Gasteiger partial charge on any atom is 0.124 e. The number of hydrogen-bond acceptors (Lipinski definition) is 2. The number of carbonyl (C=O) groups excluding carboxylic acids is 1. The third-order valence-corrected chi connectivity index (χ3v) is 3.12. The van der Waals surface area contributed by atoms with Gasteiger partial charge in [-0.2, -0.15) is 0 Å². The summed E-state index contributed by atoms with van der Waals surface area (Å²) in [5, 5.41) is 3.98. The molecule has 2 nitrogen and oxygen atoms in total. The van der Waals surface area contributed by atoms with E-state index in [1.54, 1.807) is 0 Å². The van der Waals surface area contributed by atoms with Crippen LogP contribution < -0.4 is 5.32 Å². The number of para-hydroxylation sites is 2. The van der Waals surface area contributed by atoms with Crippen LogP contribution >= 0.6 is 11.6 Å². The Labute approximate surface area is 112 Å². The van der Waals surface area contributed by atoms with Crippen LogP contribution in [-0.2, 0) is 11.2 Å². The van der Waals surface area contributed by atoms with Crippen molar-refractivity contribution < 1.29 is 4.79 Å². The highest BCUT2D eigenvalue weighted by Gasteiger charge is 2.06. The van der Waals surface area contributed by atoms with Crippen molar-refractivity contribution in [3.63, 3.8) is 0 Å². The quantitative estimate of drug-likeness (QED) is 0.837. The van der Waals surface area contributed by atoms with Gasteiger partial charge in [-0.3, -0.25) is 0 Å². The van der Waals surface area contributed by atoms with Crippen LogP contribution in [0.1, 0.15) is 11.1 Å². The van der Waals surface area contributed by atoms with Crippen LogP contribution in [-0.4, -0.2) is 6.29 Å². The van der Waals surface area contributed by atoms with Crippen LogP contribution in [0.25, 0.3) is 0 Å². The lowest BCUT2D eigenvalue weighted by Crippen LogP contribution is -1.98. The summed E-state index contributed by atoms with van der Waals surface area (Å²) in [6, 6.07) is 13.5. The smallest absolute Gasteiger partial charge is 0.124 e. The molecule has 0 aliphatic carbocycles. The minimum absolute atomic E-state index is 0.396. The molecule has 18 heavy (non-hydrogen) atoms. The Bertz CT molecular complexity index is 546. The Balaban J connectivity index is 2.37. The first-order valence-electron chi connectivity index (χ1n) is 5.76. The molecular formula is C15H14ClNO. The zero-order valence-corrected chi connectivity index (χ0v) is 10.9. The predicted octanol–water partition coefficient (Wildman–Crippen LogP) is 4.13. The standard InChI is InChI=1S/C15H14ClNO/c1-11-5-4-7-13(16)15(11)17-14-8-3-2-6-12(14)9-10-18/h2-8,10,17H,9H2,1H3. The van der Waals surface area contributed by atoms with Crippen LogP contribution in [0.5, 0.6) is 0 Å². The van der Waals surface area contributed by atoms with E-state index < -0.39 is 0 Å². The van der Waals surface area contributed by atoms with Crippen molar-refractivity contribution in [3.05, 3.63) is 58.6 Å². The molecule has 3 heteroatoms. The fourth-order valence-corrected chi connectivity index (χ4v) is 2.10. The maximum atomic E-state index is 10.7. The first-order chi connectivity index (χ1) is 8.72. The van der Waals surface area contributed by atoms with Crippen molar-refractivity contribution in [3.8, 4) is 0 Å². The van der Waals surface area contributed by atoms with Gasteiger partial charge in [0.1, 0.15) is 6.29 Å². The van der Waals surface area contributed by atoms with E-state index >= 15 is 0 Å². The van der Waals surface area contributed by atoms with Gasteiger partial charge in [-0.25, -0.2) is 0 Å². The highest BCUT2D eigenvalue weighted by atomic mass is 35.5. The van der Waals surface area contributed by atoms with Gasteiger partial charge in [0, 0.05) is 12.1 Å². The Morgan fingerprint density at radius 2 is 1.94 bits per heavy atom. The zero-order chi connectivity index (χ0) is 13.0. The summed E-state index contributed by atoms with van der Waals surface area (Å²) >= 11 is 6.18. The minimum atomic E-state index is 0.396. The molecule has 0 aliphatic rings. The molecule has 2 aromatic carbocycles. The van der Waals surface area contributed by atoms with Crippen molar-refractivity contribution in [1.29, 1.82) is 0 Å². The van der Waals surface area contributed by atoms with Crippen LogP contribution in [0.15, 0.2) is 42.5 Å². The fraction of sp³-hybridized carbons (Fsp3) is 0.133. The molecule has 0 saturated carbocycles. The van der Waals surface area contributed by atoms with Crippen LogP contribution in [0.2, 0.25) is 5.02 Å². The van der Waals surface area contributed by atoms with E-state index in [0.29, 0.717) is 11.4 Å². The van der Waals surface area contributed by atoms with E-state index in [1.807, 2.05) is 49.4 Å². The van der Waals surface area contributed by atoms with E-state index in [2.05, 4.69) is 5.32 Å². The van der Waals surface area contributed by atoms with E-state index in [0.717, 1.165) is 28.8 Å². The fourth-order valence-electron chi connectivity index (χ4n) is 1.83. The van der Waals surface area contributed by atoms with Gasteiger partial charge >= 0.3 is 0 Å².